The van der Waals surface area contributed by atoms with Crippen molar-refractivity contribution in [2.75, 3.05) is 7.11 Å². The number of hydrogen-bond acceptors (Lipinski definition) is 7. The minimum atomic E-state index is -0.487. The molecule has 2 aromatic heterocycles. The first-order valence-electron chi connectivity index (χ1n) is 8.06. The van der Waals surface area contributed by atoms with E-state index in [4.69, 9.17) is 4.74 Å². The number of esters is 1. The number of thioether (sulfide) groups is 1. The summed E-state index contributed by atoms with van der Waals surface area (Å²) in [5.74, 6) is 0.165. The zero-order chi connectivity index (χ0) is 18.7. The molecule has 0 bridgehead atoms. The normalized spacial score (nSPS) is 12.4. The zero-order valence-corrected chi connectivity index (χ0v) is 15.8. The largest absolute Gasteiger partial charge is 0.468 e. The van der Waals surface area contributed by atoms with Gasteiger partial charge in [-0.15, -0.1) is 0 Å². The maximum absolute atomic E-state index is 12.6. The molecule has 25 heavy (non-hydrogen) atoms. The predicted molar refractivity (Wildman–Crippen MR) is 96.0 cm³/mol. The van der Waals surface area contributed by atoms with Crippen LogP contribution in [0.4, 0.5) is 0 Å². The monoisotopic (exact) mass is 366 g/mol. The van der Waals surface area contributed by atoms with E-state index < -0.39 is 16.5 Å². The third-order valence-corrected chi connectivity index (χ3v) is 5.20. The van der Waals surface area contributed by atoms with Gasteiger partial charge in [-0.25, -0.2) is 14.8 Å². The van der Waals surface area contributed by atoms with E-state index >= 15 is 0 Å². The van der Waals surface area contributed by atoms with Crippen LogP contribution in [0, 0.1) is 0 Å². The Hall–Kier alpha value is -2.16. The molecule has 0 unspecified atom stereocenters. The van der Waals surface area contributed by atoms with Gasteiger partial charge in [0.1, 0.15) is 21.5 Å². The van der Waals surface area contributed by atoms with Crippen molar-refractivity contribution in [1.29, 1.82) is 0 Å². The first kappa shape index (κ1) is 19.2. The summed E-state index contributed by atoms with van der Waals surface area (Å²) >= 11 is 1.17. The molecule has 0 aliphatic rings. The van der Waals surface area contributed by atoms with Crippen LogP contribution < -0.4 is 11.2 Å². The Morgan fingerprint density at radius 2 is 1.88 bits per heavy atom. The summed E-state index contributed by atoms with van der Waals surface area (Å²) in [6.45, 7) is 3.85. The van der Waals surface area contributed by atoms with Gasteiger partial charge in [-0.05, 0) is 12.8 Å². The van der Waals surface area contributed by atoms with Crippen LogP contribution in [-0.2, 0) is 30.0 Å². The Morgan fingerprint density at radius 1 is 1.20 bits per heavy atom. The third kappa shape index (κ3) is 3.60. The zero-order valence-electron chi connectivity index (χ0n) is 15.0. The molecule has 0 saturated heterocycles. The van der Waals surface area contributed by atoms with E-state index in [1.54, 1.807) is 7.05 Å². The Morgan fingerprint density at radius 3 is 2.44 bits per heavy atom. The number of methoxy groups -OCH3 is 1. The minimum absolute atomic E-state index is 0.247. The average Bonchev–Trinajstić information content (AvgIpc) is 2.61. The fraction of sp³-hybridized carbons (Fsp3) is 0.562. The second kappa shape index (κ2) is 7.81. The van der Waals surface area contributed by atoms with Crippen LogP contribution in [0.15, 0.2) is 14.6 Å². The minimum Gasteiger partial charge on any atom is -0.468 e. The lowest BCUT2D eigenvalue weighted by atomic mass is 10.3. The number of carbonyl (C=O) groups excluding carboxylic acids is 1. The molecular formula is C16H22N4O4S. The van der Waals surface area contributed by atoms with Gasteiger partial charge in [-0.1, -0.05) is 25.6 Å². The molecule has 0 spiro atoms. The lowest BCUT2D eigenvalue weighted by Gasteiger charge is -2.15. The number of ether oxygens (including phenoxy) is 1. The Balaban J connectivity index is 2.78. The molecule has 2 heterocycles. The Bertz CT molecular complexity index is 919. The van der Waals surface area contributed by atoms with Gasteiger partial charge in [-0.3, -0.25) is 18.7 Å². The standard InChI is InChI=1S/C16H22N4O4S/c1-6-8-10-17-12-11(14(21)20(4)16(23)19(12)3)13(18-10)25-9(7-2)15(22)24-5/h9H,6-8H2,1-5H3/t9-/m1/s1. The maximum atomic E-state index is 12.6. The van der Waals surface area contributed by atoms with Crippen LogP contribution in [0.25, 0.3) is 11.0 Å². The summed E-state index contributed by atoms with van der Waals surface area (Å²) in [4.78, 5) is 45.7. The molecule has 136 valence electrons. The maximum Gasteiger partial charge on any atom is 0.332 e. The Kier molecular flexibility index (Phi) is 5.99. The highest BCUT2D eigenvalue weighted by atomic mass is 32.2. The van der Waals surface area contributed by atoms with Crippen LogP contribution in [-0.4, -0.2) is 37.4 Å². The summed E-state index contributed by atoms with van der Waals surface area (Å²) in [7, 11) is 4.31. The highest BCUT2D eigenvalue weighted by Crippen LogP contribution is 2.28. The van der Waals surface area contributed by atoms with Crippen molar-refractivity contribution in [2.45, 2.75) is 43.4 Å². The number of aromatic nitrogens is 4. The molecule has 0 saturated carbocycles. The van der Waals surface area contributed by atoms with Crippen molar-refractivity contribution in [3.63, 3.8) is 0 Å². The van der Waals surface area contributed by atoms with Crippen LogP contribution in [0.2, 0.25) is 0 Å². The number of aryl methyl sites for hydroxylation is 2. The molecule has 0 aromatic carbocycles. The molecule has 2 aromatic rings. The van der Waals surface area contributed by atoms with Gasteiger partial charge >= 0.3 is 11.7 Å². The lowest BCUT2D eigenvalue weighted by Crippen LogP contribution is -2.38. The van der Waals surface area contributed by atoms with Crippen LogP contribution in [0.1, 0.15) is 32.5 Å². The molecule has 0 fully saturated rings. The third-order valence-electron chi connectivity index (χ3n) is 3.88. The summed E-state index contributed by atoms with van der Waals surface area (Å²) in [6, 6.07) is 0. The van der Waals surface area contributed by atoms with Crippen LogP contribution in [0.3, 0.4) is 0 Å². The molecule has 0 amide bonds. The second-order valence-electron chi connectivity index (χ2n) is 5.64. The highest BCUT2D eigenvalue weighted by molar-refractivity contribution is 8.00. The summed E-state index contributed by atoms with van der Waals surface area (Å²) in [5.41, 5.74) is -0.633. The van der Waals surface area contributed by atoms with E-state index in [0.717, 1.165) is 11.0 Å². The van der Waals surface area contributed by atoms with Crippen LogP contribution in [0.5, 0.6) is 0 Å². The second-order valence-corrected chi connectivity index (χ2v) is 6.83. The van der Waals surface area contributed by atoms with Crippen molar-refractivity contribution in [2.24, 2.45) is 14.1 Å². The number of fused-ring (bicyclic) bond motifs is 1. The fourth-order valence-electron chi connectivity index (χ4n) is 2.46. The number of rotatable bonds is 6. The number of nitrogens with zero attached hydrogens (tertiary/aromatic N) is 4. The van der Waals surface area contributed by atoms with Crippen LogP contribution >= 0.6 is 11.8 Å². The van der Waals surface area contributed by atoms with Gasteiger partial charge in [0, 0.05) is 20.5 Å². The molecular weight excluding hydrogens is 344 g/mol. The molecule has 9 heteroatoms. The smallest absolute Gasteiger partial charge is 0.332 e. The summed E-state index contributed by atoms with van der Waals surface area (Å²) in [5, 5.41) is 0.165. The topological polar surface area (TPSA) is 96.1 Å². The number of carbonyl (C=O) groups is 1. The molecule has 8 nitrogen and oxygen atoms in total. The predicted octanol–water partition coefficient (Wildman–Crippen LogP) is 1.02. The first-order chi connectivity index (χ1) is 11.8. The Labute approximate surface area is 149 Å². The molecule has 1 atom stereocenters. The van der Waals surface area contributed by atoms with Crippen molar-refractivity contribution in [3.8, 4) is 0 Å². The molecule has 0 aliphatic heterocycles. The van der Waals surface area contributed by atoms with E-state index in [1.807, 2.05) is 13.8 Å². The fourth-order valence-corrected chi connectivity index (χ4v) is 3.54. The van der Waals surface area contributed by atoms with Crippen molar-refractivity contribution < 1.29 is 9.53 Å². The molecule has 0 aliphatic carbocycles. The molecule has 0 radical (unpaired) electrons. The lowest BCUT2D eigenvalue weighted by molar-refractivity contribution is -0.140. The molecule has 0 N–H and O–H groups in total. The van der Waals surface area contributed by atoms with Crippen molar-refractivity contribution >= 4 is 28.8 Å². The van der Waals surface area contributed by atoms with Crippen molar-refractivity contribution in [3.05, 3.63) is 26.7 Å². The van der Waals surface area contributed by atoms with Gasteiger partial charge in [0.25, 0.3) is 5.56 Å². The van der Waals surface area contributed by atoms with Crippen molar-refractivity contribution in [1.82, 2.24) is 19.1 Å². The van der Waals surface area contributed by atoms with Gasteiger partial charge in [0.2, 0.25) is 0 Å². The van der Waals surface area contributed by atoms with E-state index in [2.05, 4.69) is 9.97 Å². The van der Waals surface area contributed by atoms with Gasteiger partial charge in [0.05, 0.1) is 7.11 Å². The highest BCUT2D eigenvalue weighted by Gasteiger charge is 2.24. The molecule has 2 rings (SSSR count). The average molecular weight is 366 g/mol. The van der Waals surface area contributed by atoms with E-state index in [9.17, 15) is 14.4 Å². The number of hydrogen-bond donors (Lipinski definition) is 0. The van der Waals surface area contributed by atoms with Gasteiger partial charge < -0.3 is 4.74 Å². The van der Waals surface area contributed by atoms with Gasteiger partial charge in [0.15, 0.2) is 5.65 Å². The van der Waals surface area contributed by atoms with E-state index in [0.29, 0.717) is 23.7 Å². The van der Waals surface area contributed by atoms with Gasteiger partial charge in [-0.2, -0.15) is 0 Å². The van der Waals surface area contributed by atoms with E-state index in [-0.39, 0.29) is 17.0 Å². The van der Waals surface area contributed by atoms with E-state index in [1.165, 1.54) is 30.5 Å². The quantitative estimate of drug-likeness (QED) is 0.428. The summed E-state index contributed by atoms with van der Waals surface area (Å²) < 4.78 is 7.18. The SMILES string of the molecule is CCCc1nc(S[C@H](CC)C(=O)OC)c2c(=O)n(C)c(=O)n(C)c2n1. The summed E-state index contributed by atoms with van der Waals surface area (Å²) in [6.07, 6.45) is 1.96. The first-order valence-corrected chi connectivity index (χ1v) is 8.94.